The molecular formula is C21H18N4O3. The number of carbonyl (C=O) groups is 1. The van der Waals surface area contributed by atoms with E-state index < -0.39 is 0 Å². The van der Waals surface area contributed by atoms with Gasteiger partial charge in [0.05, 0.1) is 19.9 Å². The molecule has 0 fully saturated rings. The van der Waals surface area contributed by atoms with Crippen molar-refractivity contribution in [1.82, 2.24) is 14.6 Å². The van der Waals surface area contributed by atoms with E-state index in [1.54, 1.807) is 43.0 Å². The van der Waals surface area contributed by atoms with Gasteiger partial charge in [-0.15, -0.1) is 5.10 Å². The normalized spacial score (nSPS) is 10.6. The van der Waals surface area contributed by atoms with Crippen LogP contribution >= 0.6 is 0 Å². The highest BCUT2D eigenvalue weighted by atomic mass is 16.5. The quantitative estimate of drug-likeness (QED) is 0.577. The maximum Gasteiger partial charge on any atom is 0.258 e. The van der Waals surface area contributed by atoms with Gasteiger partial charge >= 0.3 is 0 Å². The minimum atomic E-state index is -0.307. The molecule has 0 spiro atoms. The summed E-state index contributed by atoms with van der Waals surface area (Å²) in [5, 5.41) is 7.20. The van der Waals surface area contributed by atoms with E-state index in [1.807, 2.05) is 42.5 Å². The van der Waals surface area contributed by atoms with E-state index in [0.29, 0.717) is 22.7 Å². The molecule has 28 heavy (non-hydrogen) atoms. The Morgan fingerprint density at radius 1 is 0.929 bits per heavy atom. The van der Waals surface area contributed by atoms with Gasteiger partial charge in [0.25, 0.3) is 5.91 Å². The summed E-state index contributed by atoms with van der Waals surface area (Å²) in [6.45, 7) is 0. The van der Waals surface area contributed by atoms with E-state index in [1.165, 1.54) is 0 Å². The third kappa shape index (κ3) is 3.25. The molecule has 0 saturated heterocycles. The molecule has 1 N–H and O–H groups in total. The van der Waals surface area contributed by atoms with Crippen LogP contribution in [0.15, 0.2) is 66.7 Å². The fourth-order valence-electron chi connectivity index (χ4n) is 2.90. The number of methoxy groups -OCH3 is 2. The smallest absolute Gasteiger partial charge is 0.258 e. The molecule has 4 aromatic rings. The van der Waals surface area contributed by atoms with Crippen molar-refractivity contribution >= 4 is 17.5 Å². The van der Waals surface area contributed by atoms with Crippen LogP contribution < -0.4 is 14.8 Å². The van der Waals surface area contributed by atoms with Gasteiger partial charge in [-0.05, 0) is 36.4 Å². The van der Waals surface area contributed by atoms with Crippen molar-refractivity contribution in [3.05, 3.63) is 72.3 Å². The Morgan fingerprint density at radius 2 is 1.68 bits per heavy atom. The lowest BCUT2D eigenvalue weighted by Gasteiger charge is -2.06. The second-order valence-electron chi connectivity index (χ2n) is 6.01. The van der Waals surface area contributed by atoms with Crippen LogP contribution in [0.5, 0.6) is 11.5 Å². The molecule has 1 amide bonds. The van der Waals surface area contributed by atoms with Gasteiger partial charge in [-0.3, -0.25) is 10.1 Å². The molecule has 2 aromatic carbocycles. The predicted molar refractivity (Wildman–Crippen MR) is 106 cm³/mol. The lowest BCUT2D eigenvalue weighted by molar-refractivity contribution is 0.102. The number of fused-ring (bicyclic) bond motifs is 1. The van der Waals surface area contributed by atoms with E-state index >= 15 is 0 Å². The van der Waals surface area contributed by atoms with Gasteiger partial charge in [0.2, 0.25) is 5.95 Å². The molecule has 0 saturated carbocycles. The summed E-state index contributed by atoms with van der Waals surface area (Å²) < 4.78 is 12.2. The topological polar surface area (TPSA) is 77.8 Å². The molecule has 0 bridgehead atoms. The fraction of sp³-hybridized carbons (Fsp3) is 0.0952. The average Bonchev–Trinajstić information content (AvgIpc) is 3.17. The van der Waals surface area contributed by atoms with Crippen molar-refractivity contribution < 1.29 is 14.3 Å². The largest absolute Gasteiger partial charge is 0.497 e. The third-order valence-electron chi connectivity index (χ3n) is 4.32. The number of ether oxygens (including phenoxy) is 2. The molecule has 4 rings (SSSR count). The summed E-state index contributed by atoms with van der Waals surface area (Å²) >= 11 is 0. The van der Waals surface area contributed by atoms with Gasteiger partial charge in [-0.1, -0.05) is 30.3 Å². The summed E-state index contributed by atoms with van der Waals surface area (Å²) in [6.07, 6.45) is 0. The number of nitrogens with one attached hydrogen (secondary N) is 1. The van der Waals surface area contributed by atoms with Crippen molar-refractivity contribution in [2.75, 3.05) is 19.5 Å². The van der Waals surface area contributed by atoms with E-state index in [-0.39, 0.29) is 11.9 Å². The first-order valence-electron chi connectivity index (χ1n) is 8.64. The molecule has 0 aliphatic rings. The van der Waals surface area contributed by atoms with E-state index in [4.69, 9.17) is 9.47 Å². The van der Waals surface area contributed by atoms with E-state index in [0.717, 1.165) is 11.3 Å². The molecule has 0 unspecified atom stereocenters. The molecule has 7 heteroatoms. The molecule has 0 aliphatic carbocycles. The minimum absolute atomic E-state index is 0.197. The summed E-state index contributed by atoms with van der Waals surface area (Å²) in [7, 11) is 3.15. The number of carbonyl (C=O) groups excluding carboxylic acids is 1. The van der Waals surface area contributed by atoms with Crippen molar-refractivity contribution in [2.24, 2.45) is 0 Å². The van der Waals surface area contributed by atoms with Crippen LogP contribution in [0.4, 0.5) is 5.95 Å². The number of nitrogens with zero attached hydrogens (tertiary/aromatic N) is 3. The van der Waals surface area contributed by atoms with Crippen LogP contribution in [-0.4, -0.2) is 34.7 Å². The van der Waals surface area contributed by atoms with Gasteiger partial charge in [0.1, 0.15) is 5.75 Å². The number of amides is 1. The molecule has 0 radical (unpaired) electrons. The third-order valence-corrected chi connectivity index (χ3v) is 4.32. The summed E-state index contributed by atoms with van der Waals surface area (Å²) in [5.41, 5.74) is 2.82. The van der Waals surface area contributed by atoms with Gasteiger partial charge in [0.15, 0.2) is 11.4 Å². The fourth-order valence-corrected chi connectivity index (χ4v) is 2.90. The Labute approximate surface area is 161 Å². The molecule has 140 valence electrons. The van der Waals surface area contributed by atoms with E-state index in [2.05, 4.69) is 15.4 Å². The number of benzene rings is 2. The number of rotatable bonds is 5. The first-order chi connectivity index (χ1) is 13.7. The van der Waals surface area contributed by atoms with Crippen LogP contribution in [0, 0.1) is 0 Å². The number of anilines is 1. The second-order valence-corrected chi connectivity index (χ2v) is 6.01. The van der Waals surface area contributed by atoms with Crippen LogP contribution in [-0.2, 0) is 0 Å². The van der Waals surface area contributed by atoms with Crippen LogP contribution in [0.25, 0.3) is 16.9 Å². The number of hydrogen-bond donors (Lipinski definition) is 1. The Morgan fingerprint density at radius 3 is 2.36 bits per heavy atom. The number of aromatic nitrogens is 3. The van der Waals surface area contributed by atoms with Crippen molar-refractivity contribution in [3.63, 3.8) is 0 Å². The summed E-state index contributed by atoms with van der Waals surface area (Å²) in [6, 6.07) is 20.4. The first-order valence-corrected chi connectivity index (χ1v) is 8.64. The Balaban J connectivity index is 1.71. The number of pyridine rings is 1. The molecular weight excluding hydrogens is 356 g/mol. The Hall–Kier alpha value is -3.87. The zero-order valence-electron chi connectivity index (χ0n) is 15.4. The van der Waals surface area contributed by atoms with Crippen LogP contribution in [0.2, 0.25) is 0 Å². The van der Waals surface area contributed by atoms with Gasteiger partial charge in [-0.25, -0.2) is 4.52 Å². The first kappa shape index (κ1) is 17.5. The molecule has 2 heterocycles. The van der Waals surface area contributed by atoms with Gasteiger partial charge < -0.3 is 9.47 Å². The molecule has 0 atom stereocenters. The van der Waals surface area contributed by atoms with Crippen LogP contribution in [0.1, 0.15) is 10.4 Å². The lowest BCUT2D eigenvalue weighted by Crippen LogP contribution is -2.13. The predicted octanol–water partition coefficient (Wildman–Crippen LogP) is 3.67. The SMILES string of the molecule is COc1ccc(C(=O)Nc2nc3c(OC)ccc(-c4ccccc4)n3n2)cc1. The maximum absolute atomic E-state index is 12.5. The highest BCUT2D eigenvalue weighted by Gasteiger charge is 2.16. The Bertz CT molecular complexity index is 1120. The maximum atomic E-state index is 12.5. The monoisotopic (exact) mass is 374 g/mol. The highest BCUT2D eigenvalue weighted by Crippen LogP contribution is 2.27. The zero-order valence-corrected chi connectivity index (χ0v) is 15.4. The highest BCUT2D eigenvalue weighted by molar-refractivity contribution is 6.03. The average molecular weight is 374 g/mol. The van der Waals surface area contributed by atoms with Crippen molar-refractivity contribution in [1.29, 1.82) is 0 Å². The van der Waals surface area contributed by atoms with Crippen molar-refractivity contribution in [2.45, 2.75) is 0 Å². The van der Waals surface area contributed by atoms with E-state index in [9.17, 15) is 4.79 Å². The van der Waals surface area contributed by atoms with Gasteiger partial charge in [-0.2, -0.15) is 4.98 Å². The zero-order chi connectivity index (χ0) is 19.5. The summed E-state index contributed by atoms with van der Waals surface area (Å²) in [4.78, 5) is 17.0. The summed E-state index contributed by atoms with van der Waals surface area (Å²) in [5.74, 6) is 1.14. The standard InChI is InChI=1S/C21H18N4O3/c1-27-16-10-8-15(9-11-16)20(26)23-21-22-19-18(28-2)13-12-17(25(19)24-21)14-6-4-3-5-7-14/h3-13H,1-2H3,(H,23,24,26). The van der Waals surface area contributed by atoms with Gasteiger partial charge in [0, 0.05) is 11.1 Å². The number of hydrogen-bond acceptors (Lipinski definition) is 5. The molecule has 0 aliphatic heterocycles. The minimum Gasteiger partial charge on any atom is -0.497 e. The lowest BCUT2D eigenvalue weighted by atomic mass is 10.1. The molecule has 2 aromatic heterocycles. The van der Waals surface area contributed by atoms with Crippen LogP contribution in [0.3, 0.4) is 0 Å². The Kier molecular flexibility index (Phi) is 4.63. The van der Waals surface area contributed by atoms with Crippen molar-refractivity contribution in [3.8, 4) is 22.8 Å². The molecule has 7 nitrogen and oxygen atoms in total. The second kappa shape index (κ2) is 7.40.